The van der Waals surface area contributed by atoms with Crippen molar-refractivity contribution >= 4 is 0 Å². The second-order valence-corrected chi connectivity index (χ2v) is 17.8. The highest BCUT2D eigenvalue weighted by molar-refractivity contribution is 4.87. The van der Waals surface area contributed by atoms with Crippen LogP contribution in [0.5, 0.6) is 0 Å². The fourth-order valence-corrected chi connectivity index (χ4v) is 8.87. The van der Waals surface area contributed by atoms with Crippen LogP contribution < -0.4 is 11.5 Å². The van der Waals surface area contributed by atoms with Crippen LogP contribution in [0.25, 0.3) is 0 Å². The lowest BCUT2D eigenvalue weighted by molar-refractivity contribution is 0.146. The monoisotopic (exact) mass is 705 g/mol. The van der Waals surface area contributed by atoms with Gasteiger partial charge in [-0.3, -0.25) is 0 Å². The molecular formula is C48H100N2. The van der Waals surface area contributed by atoms with Crippen molar-refractivity contribution in [1.82, 2.24) is 0 Å². The summed E-state index contributed by atoms with van der Waals surface area (Å²) in [4.78, 5) is 0. The lowest BCUT2D eigenvalue weighted by Gasteiger charge is -2.38. The van der Waals surface area contributed by atoms with Crippen LogP contribution in [0.15, 0.2) is 0 Å². The van der Waals surface area contributed by atoms with E-state index in [1.165, 1.54) is 257 Å². The van der Waals surface area contributed by atoms with Gasteiger partial charge in [0.25, 0.3) is 0 Å². The van der Waals surface area contributed by atoms with Gasteiger partial charge in [-0.2, -0.15) is 0 Å². The van der Waals surface area contributed by atoms with E-state index < -0.39 is 0 Å². The zero-order chi connectivity index (χ0) is 36.9. The molecule has 0 saturated carbocycles. The summed E-state index contributed by atoms with van der Waals surface area (Å²) in [6, 6.07) is 0. The SMILES string of the molecule is CCCCCCCCCCC(C)(CCCCCCCCCC)CCCCC(CCCCCCCCCC)(CCCCCCCCCC)C(N)N. The van der Waals surface area contributed by atoms with E-state index >= 15 is 0 Å². The fourth-order valence-electron chi connectivity index (χ4n) is 8.87. The van der Waals surface area contributed by atoms with Crippen molar-refractivity contribution in [3.05, 3.63) is 0 Å². The van der Waals surface area contributed by atoms with E-state index in [0.29, 0.717) is 5.41 Å². The highest BCUT2D eigenvalue weighted by atomic mass is 14.9. The molecule has 0 heterocycles. The second kappa shape index (κ2) is 37.2. The van der Waals surface area contributed by atoms with Gasteiger partial charge in [-0.15, -0.1) is 0 Å². The molecule has 0 unspecified atom stereocenters. The van der Waals surface area contributed by atoms with Gasteiger partial charge in [-0.25, -0.2) is 0 Å². The Kier molecular flexibility index (Phi) is 37.2. The van der Waals surface area contributed by atoms with Crippen LogP contribution in [-0.4, -0.2) is 6.17 Å². The predicted molar refractivity (Wildman–Crippen MR) is 230 cm³/mol. The van der Waals surface area contributed by atoms with Gasteiger partial charge in [0.1, 0.15) is 0 Å². The van der Waals surface area contributed by atoms with E-state index in [1.807, 2.05) is 0 Å². The summed E-state index contributed by atoms with van der Waals surface area (Å²) >= 11 is 0. The van der Waals surface area contributed by atoms with E-state index in [0.717, 1.165) is 0 Å². The molecule has 0 aromatic carbocycles. The third-order valence-corrected chi connectivity index (χ3v) is 12.7. The smallest absolute Gasteiger partial charge is 0.0578 e. The summed E-state index contributed by atoms with van der Waals surface area (Å²) in [7, 11) is 0. The fraction of sp³-hybridized carbons (Fsp3) is 1.00. The zero-order valence-corrected chi connectivity index (χ0v) is 36.0. The Morgan fingerprint density at radius 3 is 0.700 bits per heavy atom. The largest absolute Gasteiger partial charge is 0.316 e. The summed E-state index contributed by atoms with van der Waals surface area (Å²) in [5.41, 5.74) is 14.2. The van der Waals surface area contributed by atoms with Gasteiger partial charge in [0.2, 0.25) is 0 Å². The standard InChI is InChI=1S/C48H100N2/c1-6-10-14-18-22-26-30-34-40-47(5,41-35-31-27-23-19-15-11-7-2)42-38-39-45-48(46(49)50,43-36-32-28-24-20-16-12-8-3)44-37-33-29-25-21-17-13-9-4/h46H,6-45,49-50H2,1-5H3. The predicted octanol–water partition coefficient (Wildman–Crippen LogP) is 16.9. The van der Waals surface area contributed by atoms with E-state index in [-0.39, 0.29) is 11.6 Å². The average molecular weight is 705 g/mol. The van der Waals surface area contributed by atoms with Crippen LogP contribution in [0.2, 0.25) is 0 Å². The molecule has 0 aliphatic heterocycles. The molecule has 0 bridgehead atoms. The molecule has 50 heavy (non-hydrogen) atoms. The van der Waals surface area contributed by atoms with Crippen molar-refractivity contribution in [2.24, 2.45) is 22.3 Å². The molecule has 302 valence electrons. The molecule has 0 saturated heterocycles. The van der Waals surface area contributed by atoms with Crippen LogP contribution in [0.4, 0.5) is 0 Å². The number of unbranched alkanes of at least 4 members (excludes halogenated alkanes) is 29. The van der Waals surface area contributed by atoms with E-state index in [2.05, 4.69) is 34.6 Å². The van der Waals surface area contributed by atoms with Crippen molar-refractivity contribution in [1.29, 1.82) is 0 Å². The number of hydrogen-bond donors (Lipinski definition) is 2. The maximum atomic E-state index is 6.77. The van der Waals surface area contributed by atoms with Gasteiger partial charge < -0.3 is 11.5 Å². The minimum Gasteiger partial charge on any atom is -0.316 e. The van der Waals surface area contributed by atoms with E-state index in [1.54, 1.807) is 0 Å². The summed E-state index contributed by atoms with van der Waals surface area (Å²) in [5.74, 6) is 0. The average Bonchev–Trinajstić information content (AvgIpc) is 3.11. The first-order valence-corrected chi connectivity index (χ1v) is 23.9. The molecule has 4 N–H and O–H groups in total. The minimum atomic E-state index is -0.169. The first-order chi connectivity index (χ1) is 24.4. The van der Waals surface area contributed by atoms with Crippen LogP contribution in [0.1, 0.15) is 291 Å². The lowest BCUT2D eigenvalue weighted by atomic mass is 9.70. The molecule has 0 aliphatic rings. The maximum absolute atomic E-state index is 6.77. The summed E-state index contributed by atoms with van der Waals surface area (Å²) in [6.07, 6.45) is 55.7. The van der Waals surface area contributed by atoms with Crippen molar-refractivity contribution < 1.29 is 0 Å². The molecule has 0 radical (unpaired) electrons. The Hall–Kier alpha value is -0.0800. The molecule has 0 amide bonds. The van der Waals surface area contributed by atoms with Crippen LogP contribution in [0.3, 0.4) is 0 Å². The highest BCUT2D eigenvalue weighted by Crippen LogP contribution is 2.41. The summed E-state index contributed by atoms with van der Waals surface area (Å²) in [6.45, 7) is 11.9. The zero-order valence-electron chi connectivity index (χ0n) is 36.0. The molecule has 0 aromatic rings. The van der Waals surface area contributed by atoms with Crippen molar-refractivity contribution in [2.75, 3.05) is 0 Å². The van der Waals surface area contributed by atoms with E-state index in [9.17, 15) is 0 Å². The van der Waals surface area contributed by atoms with Crippen LogP contribution in [0, 0.1) is 10.8 Å². The Labute approximate surface area is 319 Å². The quantitative estimate of drug-likeness (QED) is 0.0491. The lowest BCUT2D eigenvalue weighted by Crippen LogP contribution is -2.48. The molecule has 2 heteroatoms. The number of nitrogens with two attached hydrogens (primary N) is 2. The molecular weight excluding hydrogens is 605 g/mol. The number of rotatable bonds is 42. The van der Waals surface area contributed by atoms with Gasteiger partial charge in [-0.1, -0.05) is 253 Å². The molecule has 0 aromatic heterocycles. The van der Waals surface area contributed by atoms with Crippen LogP contribution >= 0.6 is 0 Å². The van der Waals surface area contributed by atoms with Crippen molar-refractivity contribution in [3.63, 3.8) is 0 Å². The Morgan fingerprint density at radius 2 is 0.460 bits per heavy atom. The molecule has 0 aliphatic carbocycles. The molecule has 0 rings (SSSR count). The van der Waals surface area contributed by atoms with Gasteiger partial charge in [-0.05, 0) is 49.4 Å². The van der Waals surface area contributed by atoms with Crippen molar-refractivity contribution in [3.8, 4) is 0 Å². The highest BCUT2D eigenvalue weighted by Gasteiger charge is 2.33. The van der Waals surface area contributed by atoms with Gasteiger partial charge >= 0.3 is 0 Å². The van der Waals surface area contributed by atoms with Crippen molar-refractivity contribution in [2.45, 2.75) is 298 Å². The molecule has 0 spiro atoms. The first-order valence-electron chi connectivity index (χ1n) is 23.9. The third-order valence-electron chi connectivity index (χ3n) is 12.7. The van der Waals surface area contributed by atoms with Gasteiger partial charge in [0.05, 0.1) is 6.17 Å². The number of hydrogen-bond acceptors (Lipinski definition) is 2. The maximum Gasteiger partial charge on any atom is 0.0578 e. The Morgan fingerprint density at radius 1 is 0.280 bits per heavy atom. The van der Waals surface area contributed by atoms with Gasteiger partial charge in [0, 0.05) is 0 Å². The topological polar surface area (TPSA) is 52.0 Å². The van der Waals surface area contributed by atoms with Crippen LogP contribution in [-0.2, 0) is 0 Å². The summed E-state index contributed by atoms with van der Waals surface area (Å²) < 4.78 is 0. The second-order valence-electron chi connectivity index (χ2n) is 17.8. The first kappa shape index (κ1) is 49.9. The Balaban J connectivity index is 5.08. The molecule has 0 fully saturated rings. The van der Waals surface area contributed by atoms with Gasteiger partial charge in [0.15, 0.2) is 0 Å². The minimum absolute atomic E-state index is 0.149. The normalized spacial score (nSPS) is 12.5. The summed E-state index contributed by atoms with van der Waals surface area (Å²) in [5, 5.41) is 0. The molecule has 0 atom stereocenters. The molecule has 2 nitrogen and oxygen atoms in total. The van der Waals surface area contributed by atoms with E-state index in [4.69, 9.17) is 11.5 Å². The Bertz CT molecular complexity index is 602. The third kappa shape index (κ3) is 30.4.